The minimum Gasteiger partial charge on any atom is -0.493 e. The Morgan fingerprint density at radius 1 is 1.11 bits per heavy atom. The Hall–Kier alpha value is -2.53. The summed E-state index contributed by atoms with van der Waals surface area (Å²) in [6, 6.07) is 17.9. The third kappa shape index (κ3) is 3.99. The van der Waals surface area contributed by atoms with Crippen molar-refractivity contribution in [1.29, 1.82) is 0 Å². The van der Waals surface area contributed by atoms with Crippen molar-refractivity contribution in [2.75, 3.05) is 6.61 Å². The van der Waals surface area contributed by atoms with E-state index >= 15 is 0 Å². The molecule has 1 aliphatic carbocycles. The van der Waals surface area contributed by atoms with E-state index in [1.165, 1.54) is 24.6 Å². The minimum atomic E-state index is 0.0536. The van der Waals surface area contributed by atoms with Crippen molar-refractivity contribution >= 4 is 34.6 Å². The van der Waals surface area contributed by atoms with E-state index in [2.05, 4.69) is 0 Å². The highest BCUT2D eigenvalue weighted by Gasteiger charge is 2.39. The van der Waals surface area contributed by atoms with Crippen LogP contribution >= 0.6 is 11.8 Å². The van der Waals surface area contributed by atoms with E-state index in [-0.39, 0.29) is 11.9 Å². The molecule has 1 heterocycles. The van der Waals surface area contributed by atoms with Gasteiger partial charge in [0.15, 0.2) is 5.17 Å². The fourth-order valence-electron chi connectivity index (χ4n) is 3.69. The first kappa shape index (κ1) is 18.8. The highest BCUT2D eigenvalue weighted by Crippen LogP contribution is 2.39. The molecule has 1 amide bonds. The summed E-state index contributed by atoms with van der Waals surface area (Å²) in [6.45, 7) is 2.56. The summed E-state index contributed by atoms with van der Waals surface area (Å²) in [5.74, 6) is 0.852. The molecule has 1 aliphatic heterocycles. The predicted octanol–water partition coefficient (Wildman–Crippen LogP) is 5.63. The normalized spacial score (nSPS) is 20.5. The Kier molecular flexibility index (Phi) is 5.81. The maximum Gasteiger partial charge on any atom is 0.267 e. The lowest BCUT2D eigenvalue weighted by Gasteiger charge is -2.22. The van der Waals surface area contributed by atoms with Gasteiger partial charge in [0, 0.05) is 11.6 Å². The lowest BCUT2D eigenvalue weighted by Crippen LogP contribution is -2.37. The second kappa shape index (κ2) is 8.65. The van der Waals surface area contributed by atoms with Gasteiger partial charge in [0.1, 0.15) is 5.75 Å². The molecule has 5 heteroatoms. The van der Waals surface area contributed by atoms with Gasteiger partial charge < -0.3 is 4.74 Å². The minimum absolute atomic E-state index is 0.0536. The number of carbonyl (C=O) groups is 1. The molecule has 0 atom stereocenters. The molecule has 2 aromatic carbocycles. The van der Waals surface area contributed by atoms with Crippen molar-refractivity contribution in [1.82, 2.24) is 4.90 Å². The van der Waals surface area contributed by atoms with Gasteiger partial charge in [-0.1, -0.05) is 49.2 Å². The summed E-state index contributed by atoms with van der Waals surface area (Å²) in [5.41, 5.74) is 1.80. The second-order valence-electron chi connectivity index (χ2n) is 6.92. The van der Waals surface area contributed by atoms with Gasteiger partial charge in [0.25, 0.3) is 5.91 Å². The van der Waals surface area contributed by atoms with Crippen molar-refractivity contribution in [3.8, 4) is 5.75 Å². The first-order valence-corrected chi connectivity index (χ1v) is 10.7. The monoisotopic (exact) mass is 392 g/mol. The molecule has 0 unspecified atom stereocenters. The Morgan fingerprint density at radius 2 is 1.82 bits per heavy atom. The maximum atomic E-state index is 13.3. The molecule has 2 aromatic rings. The third-order valence-corrected chi connectivity index (χ3v) is 6.00. The summed E-state index contributed by atoms with van der Waals surface area (Å²) in [6.07, 6.45) is 6.37. The van der Waals surface area contributed by atoms with Crippen LogP contribution in [0.1, 0.15) is 38.2 Å². The van der Waals surface area contributed by atoms with Gasteiger partial charge in [-0.3, -0.25) is 9.69 Å². The van der Waals surface area contributed by atoms with Crippen LogP contribution in [0.4, 0.5) is 5.69 Å². The Morgan fingerprint density at radius 3 is 2.57 bits per heavy atom. The van der Waals surface area contributed by atoms with Crippen molar-refractivity contribution < 1.29 is 9.53 Å². The van der Waals surface area contributed by atoms with E-state index in [1.807, 2.05) is 72.5 Å². The number of nitrogens with zero attached hydrogens (tertiary/aromatic N) is 2. The summed E-state index contributed by atoms with van der Waals surface area (Å²) < 4.78 is 5.72. The second-order valence-corrected chi connectivity index (χ2v) is 7.93. The lowest BCUT2D eigenvalue weighted by molar-refractivity contribution is -0.123. The fraction of sp³-hybridized carbons (Fsp3) is 0.304. The first-order valence-electron chi connectivity index (χ1n) is 9.85. The third-order valence-electron chi connectivity index (χ3n) is 5.01. The SMILES string of the molecule is CCOc1ccccc1/C=C1\SC(=Nc2ccccc2)N(C2CCCC2)C1=O. The smallest absolute Gasteiger partial charge is 0.267 e. The van der Waals surface area contributed by atoms with Crippen molar-refractivity contribution in [3.63, 3.8) is 0 Å². The van der Waals surface area contributed by atoms with E-state index in [4.69, 9.17) is 9.73 Å². The molecule has 28 heavy (non-hydrogen) atoms. The van der Waals surface area contributed by atoms with Crippen molar-refractivity contribution in [3.05, 3.63) is 65.1 Å². The molecule has 1 saturated carbocycles. The zero-order chi connectivity index (χ0) is 19.3. The van der Waals surface area contributed by atoms with Crippen LogP contribution in [0.3, 0.4) is 0 Å². The molecular weight excluding hydrogens is 368 g/mol. The molecule has 4 nitrogen and oxygen atoms in total. The van der Waals surface area contributed by atoms with E-state index in [0.29, 0.717) is 11.5 Å². The van der Waals surface area contributed by atoms with Gasteiger partial charge in [0.05, 0.1) is 17.2 Å². The maximum absolute atomic E-state index is 13.3. The summed E-state index contributed by atoms with van der Waals surface area (Å²) >= 11 is 1.46. The Labute approximate surface area is 170 Å². The van der Waals surface area contributed by atoms with Crippen LogP contribution in [-0.4, -0.2) is 28.6 Å². The molecule has 2 aliphatic rings. The van der Waals surface area contributed by atoms with Gasteiger partial charge in [-0.2, -0.15) is 0 Å². The molecule has 0 radical (unpaired) electrons. The number of para-hydroxylation sites is 2. The number of amidine groups is 1. The number of amides is 1. The van der Waals surface area contributed by atoms with Crippen LogP contribution in [0, 0.1) is 0 Å². The largest absolute Gasteiger partial charge is 0.493 e. The first-order chi connectivity index (χ1) is 13.8. The molecule has 1 saturated heterocycles. The molecule has 144 valence electrons. The summed E-state index contributed by atoms with van der Waals surface area (Å²) in [4.78, 5) is 20.7. The molecule has 0 spiro atoms. The average Bonchev–Trinajstić information content (AvgIpc) is 3.33. The van der Waals surface area contributed by atoms with Crippen LogP contribution in [0.5, 0.6) is 5.75 Å². The highest BCUT2D eigenvalue weighted by molar-refractivity contribution is 8.18. The number of rotatable bonds is 5. The molecule has 2 fully saturated rings. The Bertz CT molecular complexity index is 902. The zero-order valence-corrected chi connectivity index (χ0v) is 16.8. The number of benzene rings is 2. The quantitative estimate of drug-likeness (QED) is 0.619. The van der Waals surface area contributed by atoms with E-state index in [0.717, 1.165) is 35.0 Å². The van der Waals surface area contributed by atoms with Gasteiger partial charge in [-0.25, -0.2) is 4.99 Å². The topological polar surface area (TPSA) is 41.9 Å². The van der Waals surface area contributed by atoms with Crippen molar-refractivity contribution in [2.24, 2.45) is 4.99 Å². The highest BCUT2D eigenvalue weighted by atomic mass is 32.2. The average molecular weight is 393 g/mol. The zero-order valence-electron chi connectivity index (χ0n) is 16.0. The number of carbonyl (C=O) groups excluding carboxylic acids is 1. The number of thioether (sulfide) groups is 1. The van der Waals surface area contributed by atoms with E-state index < -0.39 is 0 Å². The van der Waals surface area contributed by atoms with Crippen molar-refractivity contribution in [2.45, 2.75) is 38.6 Å². The molecule has 0 aromatic heterocycles. The molecular formula is C23H24N2O2S. The van der Waals surface area contributed by atoms with Crippen LogP contribution in [0.25, 0.3) is 6.08 Å². The van der Waals surface area contributed by atoms with Crippen LogP contribution in [0.2, 0.25) is 0 Å². The van der Waals surface area contributed by atoms with E-state index in [9.17, 15) is 4.79 Å². The molecule has 4 rings (SSSR count). The number of ether oxygens (including phenoxy) is 1. The lowest BCUT2D eigenvalue weighted by atomic mass is 10.1. The van der Waals surface area contributed by atoms with Gasteiger partial charge >= 0.3 is 0 Å². The Balaban J connectivity index is 1.70. The van der Waals surface area contributed by atoms with Crippen LogP contribution < -0.4 is 4.74 Å². The van der Waals surface area contributed by atoms with E-state index in [1.54, 1.807) is 0 Å². The fourth-order valence-corrected chi connectivity index (χ4v) is 4.74. The number of aliphatic imine (C=N–C) groups is 1. The summed E-state index contributed by atoms with van der Waals surface area (Å²) in [7, 11) is 0. The predicted molar refractivity (Wildman–Crippen MR) is 116 cm³/mol. The number of hydrogen-bond donors (Lipinski definition) is 0. The molecule has 0 N–H and O–H groups in total. The standard InChI is InChI=1S/C23H24N2O2S/c1-2-27-20-15-9-6-10-17(20)16-21-22(26)25(19-13-7-8-14-19)23(28-21)24-18-11-4-3-5-12-18/h3-6,9-12,15-16,19H,2,7-8,13-14H2,1H3/b21-16-,24-23?. The summed E-state index contributed by atoms with van der Waals surface area (Å²) in [5, 5.41) is 0.781. The van der Waals surface area contributed by atoms with Crippen LogP contribution in [0.15, 0.2) is 64.5 Å². The number of hydrogen-bond acceptors (Lipinski definition) is 4. The molecule has 0 bridgehead atoms. The van der Waals surface area contributed by atoms with Gasteiger partial charge in [-0.05, 0) is 55.8 Å². The van der Waals surface area contributed by atoms with Gasteiger partial charge in [0.2, 0.25) is 0 Å². The van der Waals surface area contributed by atoms with Gasteiger partial charge in [-0.15, -0.1) is 0 Å². The van der Waals surface area contributed by atoms with Crippen LogP contribution in [-0.2, 0) is 4.79 Å².